The zero-order valence-electron chi connectivity index (χ0n) is 17.6. The Kier molecular flexibility index (Phi) is 5.11. The van der Waals surface area contributed by atoms with Gasteiger partial charge in [-0.25, -0.2) is 4.79 Å². The summed E-state index contributed by atoms with van der Waals surface area (Å²) in [6.45, 7) is 4.64. The highest BCUT2D eigenvalue weighted by atomic mass is 16.2. The van der Waals surface area contributed by atoms with Gasteiger partial charge in [0.05, 0.1) is 11.0 Å². The monoisotopic (exact) mass is 417 g/mol. The van der Waals surface area contributed by atoms with Gasteiger partial charge in [0.15, 0.2) is 0 Å². The standard InChI is InChI=1S/C24H27N5O2/c1-16(25-23(30)21-14-17-6-2-3-7-19(17)26-21)15-28-12-10-18(11-13-28)29-22-9-5-4-8-20(22)27-24(29)31/h2-9,14,16,18,26H,10-13,15H2,1H3,(H,25,30)(H,27,31)/t16-/m0/s1. The lowest BCUT2D eigenvalue weighted by molar-refractivity contribution is 0.0917. The van der Waals surface area contributed by atoms with Crippen molar-refractivity contribution in [2.75, 3.05) is 19.6 Å². The second-order valence-corrected chi connectivity index (χ2v) is 8.49. The topological polar surface area (TPSA) is 85.9 Å². The van der Waals surface area contributed by atoms with Crippen LogP contribution in [0.25, 0.3) is 21.9 Å². The number of rotatable bonds is 5. The van der Waals surface area contributed by atoms with Crippen LogP contribution < -0.4 is 11.0 Å². The molecule has 1 fully saturated rings. The number of H-pyrrole nitrogens is 2. The second kappa shape index (κ2) is 8.07. The molecule has 0 saturated carbocycles. The third kappa shape index (κ3) is 3.88. The van der Waals surface area contributed by atoms with E-state index in [4.69, 9.17) is 0 Å². The molecule has 0 spiro atoms. The average molecular weight is 418 g/mol. The summed E-state index contributed by atoms with van der Waals surface area (Å²) in [5.41, 5.74) is 3.40. The number of nitrogens with one attached hydrogen (secondary N) is 3. The van der Waals surface area contributed by atoms with Crippen molar-refractivity contribution in [1.29, 1.82) is 0 Å². The molecule has 1 amide bonds. The molecule has 3 heterocycles. The fourth-order valence-corrected chi connectivity index (χ4v) is 4.73. The number of fused-ring (bicyclic) bond motifs is 2. The Labute approximate surface area is 180 Å². The van der Waals surface area contributed by atoms with Crippen LogP contribution in [0.2, 0.25) is 0 Å². The normalized spacial score (nSPS) is 16.7. The Balaban J connectivity index is 1.18. The third-order valence-electron chi connectivity index (χ3n) is 6.23. The molecule has 2 aromatic heterocycles. The molecule has 5 rings (SSSR count). The maximum absolute atomic E-state index is 12.6. The smallest absolute Gasteiger partial charge is 0.326 e. The second-order valence-electron chi connectivity index (χ2n) is 8.49. The molecule has 1 aliphatic heterocycles. The predicted octanol–water partition coefficient (Wildman–Crippen LogP) is 3.27. The van der Waals surface area contributed by atoms with Crippen molar-refractivity contribution in [2.24, 2.45) is 0 Å². The van der Waals surface area contributed by atoms with Gasteiger partial charge in [0, 0.05) is 42.6 Å². The van der Waals surface area contributed by atoms with Crippen LogP contribution in [0.1, 0.15) is 36.3 Å². The van der Waals surface area contributed by atoms with Crippen molar-refractivity contribution in [1.82, 2.24) is 24.8 Å². The van der Waals surface area contributed by atoms with Gasteiger partial charge in [-0.15, -0.1) is 0 Å². The molecule has 1 atom stereocenters. The van der Waals surface area contributed by atoms with Crippen molar-refractivity contribution in [3.05, 3.63) is 70.8 Å². The van der Waals surface area contributed by atoms with Gasteiger partial charge in [-0.1, -0.05) is 30.3 Å². The maximum Gasteiger partial charge on any atom is 0.326 e. The molecule has 0 aliphatic carbocycles. The molecule has 0 unspecified atom stereocenters. The zero-order chi connectivity index (χ0) is 21.4. The number of hydrogen-bond acceptors (Lipinski definition) is 3. The van der Waals surface area contributed by atoms with Gasteiger partial charge < -0.3 is 20.2 Å². The van der Waals surface area contributed by atoms with Gasteiger partial charge >= 0.3 is 5.69 Å². The van der Waals surface area contributed by atoms with E-state index < -0.39 is 0 Å². The van der Waals surface area contributed by atoms with E-state index in [9.17, 15) is 9.59 Å². The number of imidazole rings is 1. The number of aromatic amines is 2. The fraction of sp³-hybridized carbons (Fsp3) is 0.333. The number of hydrogen-bond donors (Lipinski definition) is 3. The van der Waals surface area contributed by atoms with Crippen LogP contribution in [0.15, 0.2) is 59.4 Å². The molecule has 7 heteroatoms. The summed E-state index contributed by atoms with van der Waals surface area (Å²) in [6, 6.07) is 17.9. The Hall–Kier alpha value is -3.32. The summed E-state index contributed by atoms with van der Waals surface area (Å²) < 4.78 is 1.91. The first kappa shape index (κ1) is 19.6. The van der Waals surface area contributed by atoms with Crippen LogP contribution in [-0.4, -0.2) is 51.0 Å². The quantitative estimate of drug-likeness (QED) is 0.466. The number of para-hydroxylation sites is 3. The van der Waals surface area contributed by atoms with E-state index in [0.717, 1.165) is 54.4 Å². The minimum absolute atomic E-state index is 0.0291. The summed E-state index contributed by atoms with van der Waals surface area (Å²) in [4.78, 5) is 33.6. The molecule has 1 aliphatic rings. The van der Waals surface area contributed by atoms with Gasteiger partial charge in [0.25, 0.3) is 5.91 Å². The highest BCUT2D eigenvalue weighted by Crippen LogP contribution is 2.25. The largest absolute Gasteiger partial charge is 0.351 e. The van der Waals surface area contributed by atoms with E-state index in [-0.39, 0.29) is 23.7 Å². The van der Waals surface area contributed by atoms with Crippen LogP contribution >= 0.6 is 0 Å². The lowest BCUT2D eigenvalue weighted by Crippen LogP contribution is -2.45. The highest BCUT2D eigenvalue weighted by molar-refractivity contribution is 5.98. The number of carbonyl (C=O) groups is 1. The first-order valence-corrected chi connectivity index (χ1v) is 10.9. The van der Waals surface area contributed by atoms with E-state index in [0.29, 0.717) is 5.69 Å². The summed E-state index contributed by atoms with van der Waals surface area (Å²) >= 11 is 0. The van der Waals surface area contributed by atoms with Gasteiger partial charge in [0.1, 0.15) is 5.69 Å². The zero-order valence-corrected chi connectivity index (χ0v) is 17.6. The van der Waals surface area contributed by atoms with Crippen molar-refractivity contribution in [3.8, 4) is 0 Å². The lowest BCUT2D eigenvalue weighted by Gasteiger charge is -2.34. The van der Waals surface area contributed by atoms with Crippen molar-refractivity contribution >= 4 is 27.8 Å². The lowest BCUT2D eigenvalue weighted by atomic mass is 10.0. The molecule has 0 bridgehead atoms. The van der Waals surface area contributed by atoms with Crippen LogP contribution in [0.3, 0.4) is 0 Å². The molecule has 4 aromatic rings. The van der Waals surface area contributed by atoms with Crippen molar-refractivity contribution in [3.63, 3.8) is 0 Å². The fourth-order valence-electron chi connectivity index (χ4n) is 4.73. The van der Waals surface area contributed by atoms with Gasteiger partial charge in [-0.2, -0.15) is 0 Å². The van der Waals surface area contributed by atoms with E-state index in [1.54, 1.807) is 0 Å². The Morgan fingerprint density at radius 1 is 1.06 bits per heavy atom. The average Bonchev–Trinajstić information content (AvgIpc) is 3.35. The summed E-state index contributed by atoms with van der Waals surface area (Å²) in [7, 11) is 0. The van der Waals surface area contributed by atoms with Gasteiger partial charge in [-0.3, -0.25) is 9.36 Å². The number of piperidine rings is 1. The molecule has 160 valence electrons. The van der Waals surface area contributed by atoms with Crippen LogP contribution in [0.4, 0.5) is 0 Å². The molecule has 31 heavy (non-hydrogen) atoms. The molecule has 2 aromatic carbocycles. The Bertz CT molecular complexity index is 1240. The third-order valence-corrected chi connectivity index (χ3v) is 6.23. The van der Waals surface area contributed by atoms with Gasteiger partial charge in [-0.05, 0) is 44.0 Å². The van der Waals surface area contributed by atoms with Gasteiger partial charge in [0.2, 0.25) is 0 Å². The Morgan fingerprint density at radius 2 is 1.77 bits per heavy atom. The minimum Gasteiger partial charge on any atom is -0.351 e. The van der Waals surface area contributed by atoms with E-state index >= 15 is 0 Å². The van der Waals surface area contributed by atoms with E-state index in [2.05, 4.69) is 20.2 Å². The maximum atomic E-state index is 12.6. The molecular weight excluding hydrogens is 390 g/mol. The number of nitrogens with zero attached hydrogens (tertiary/aromatic N) is 2. The number of amides is 1. The number of benzene rings is 2. The molecule has 1 saturated heterocycles. The van der Waals surface area contributed by atoms with Crippen molar-refractivity contribution in [2.45, 2.75) is 31.8 Å². The SMILES string of the molecule is C[C@@H](CN1CCC(n2c(=O)[nH]c3ccccc32)CC1)NC(=O)c1cc2ccccc2[nH]1. The van der Waals surface area contributed by atoms with Crippen molar-refractivity contribution < 1.29 is 4.79 Å². The number of likely N-dealkylation sites (tertiary alicyclic amines) is 1. The number of carbonyl (C=O) groups excluding carboxylic acids is 1. The molecule has 3 N–H and O–H groups in total. The van der Waals surface area contributed by atoms with Crippen LogP contribution in [0, 0.1) is 0 Å². The summed E-state index contributed by atoms with van der Waals surface area (Å²) in [6.07, 6.45) is 1.84. The molecule has 0 radical (unpaired) electrons. The van der Waals surface area contributed by atoms with E-state index in [1.165, 1.54) is 0 Å². The van der Waals surface area contributed by atoms with Crippen LogP contribution in [-0.2, 0) is 0 Å². The van der Waals surface area contributed by atoms with Crippen LogP contribution in [0.5, 0.6) is 0 Å². The Morgan fingerprint density at radius 3 is 2.55 bits per heavy atom. The first-order chi connectivity index (χ1) is 15.1. The highest BCUT2D eigenvalue weighted by Gasteiger charge is 2.24. The predicted molar refractivity (Wildman–Crippen MR) is 122 cm³/mol. The minimum atomic E-state index is -0.0797. The summed E-state index contributed by atoms with van der Waals surface area (Å²) in [5.74, 6) is -0.0797. The summed E-state index contributed by atoms with van der Waals surface area (Å²) in [5, 5.41) is 4.14. The first-order valence-electron chi connectivity index (χ1n) is 10.9. The number of aromatic nitrogens is 3. The van der Waals surface area contributed by atoms with E-state index in [1.807, 2.05) is 66.1 Å². The molecular formula is C24H27N5O2. The molecule has 7 nitrogen and oxygen atoms in total.